The first-order valence-electron chi connectivity index (χ1n) is 7.09. The molecule has 2 aromatic carbocycles. The van der Waals surface area contributed by atoms with E-state index in [2.05, 4.69) is 60.8 Å². The van der Waals surface area contributed by atoms with E-state index in [1.165, 1.54) is 14.6 Å². The molecular weight excluding hydrogens is 296 g/mol. The van der Waals surface area contributed by atoms with Gasteiger partial charge in [0, 0.05) is 17.2 Å². The van der Waals surface area contributed by atoms with Crippen LogP contribution in [-0.2, 0) is 0 Å². The van der Waals surface area contributed by atoms with Gasteiger partial charge in [0.05, 0.1) is 16.3 Å². The molecule has 0 amide bonds. The van der Waals surface area contributed by atoms with Gasteiger partial charge in [-0.15, -0.1) is 23.1 Å². The zero-order valence-corrected chi connectivity index (χ0v) is 13.6. The zero-order chi connectivity index (χ0) is 14.5. The van der Waals surface area contributed by atoms with E-state index in [4.69, 9.17) is 4.98 Å². The summed E-state index contributed by atoms with van der Waals surface area (Å²) in [4.78, 5) is 6.02. The quantitative estimate of drug-likeness (QED) is 0.525. The van der Waals surface area contributed by atoms with Gasteiger partial charge in [-0.3, -0.25) is 0 Å². The highest BCUT2D eigenvalue weighted by Crippen LogP contribution is 2.26. The van der Waals surface area contributed by atoms with Crippen molar-refractivity contribution in [2.45, 2.75) is 17.9 Å². The van der Waals surface area contributed by atoms with Crippen LogP contribution in [0.5, 0.6) is 0 Å². The highest BCUT2D eigenvalue weighted by Gasteiger charge is 2.10. The third-order valence-corrected chi connectivity index (χ3v) is 5.48. The molecule has 0 aliphatic rings. The fourth-order valence-corrected chi connectivity index (χ4v) is 3.92. The number of para-hydroxylation sites is 1. The Morgan fingerprint density at radius 3 is 2.67 bits per heavy atom. The highest BCUT2D eigenvalue weighted by molar-refractivity contribution is 7.99. The van der Waals surface area contributed by atoms with Crippen LogP contribution in [0.3, 0.4) is 0 Å². The summed E-state index contributed by atoms with van der Waals surface area (Å²) in [5, 5.41) is 4.72. The fourth-order valence-electron chi connectivity index (χ4n) is 2.12. The van der Waals surface area contributed by atoms with Gasteiger partial charge >= 0.3 is 0 Å². The van der Waals surface area contributed by atoms with Gasteiger partial charge in [-0.25, -0.2) is 4.98 Å². The van der Waals surface area contributed by atoms with Crippen molar-refractivity contribution in [2.75, 3.05) is 12.3 Å². The molecule has 0 aliphatic heterocycles. The Morgan fingerprint density at radius 2 is 1.86 bits per heavy atom. The summed E-state index contributed by atoms with van der Waals surface area (Å²) in [6, 6.07) is 19.2. The van der Waals surface area contributed by atoms with Gasteiger partial charge in [0.15, 0.2) is 0 Å². The van der Waals surface area contributed by atoms with Gasteiger partial charge in [0.25, 0.3) is 0 Å². The first-order valence-corrected chi connectivity index (χ1v) is 8.90. The van der Waals surface area contributed by atoms with Gasteiger partial charge in [0.2, 0.25) is 0 Å². The molecule has 0 spiro atoms. The summed E-state index contributed by atoms with van der Waals surface area (Å²) in [6.45, 7) is 3.17. The van der Waals surface area contributed by atoms with Crippen LogP contribution in [0.1, 0.15) is 18.0 Å². The first kappa shape index (κ1) is 14.6. The predicted molar refractivity (Wildman–Crippen MR) is 93.2 cm³/mol. The maximum absolute atomic E-state index is 4.70. The van der Waals surface area contributed by atoms with Crippen molar-refractivity contribution in [1.82, 2.24) is 10.3 Å². The number of thioether (sulfide) groups is 1. The normalized spacial score (nSPS) is 12.6. The van der Waals surface area contributed by atoms with Crippen molar-refractivity contribution in [3.8, 4) is 0 Å². The molecule has 4 heteroatoms. The van der Waals surface area contributed by atoms with Gasteiger partial charge in [-0.05, 0) is 31.2 Å². The lowest BCUT2D eigenvalue weighted by Crippen LogP contribution is -2.21. The van der Waals surface area contributed by atoms with Crippen LogP contribution in [0.4, 0.5) is 0 Å². The molecule has 21 heavy (non-hydrogen) atoms. The Labute approximate surface area is 133 Å². The lowest BCUT2D eigenvalue weighted by molar-refractivity contribution is 0.599. The van der Waals surface area contributed by atoms with Crippen molar-refractivity contribution in [2.24, 2.45) is 0 Å². The van der Waals surface area contributed by atoms with E-state index < -0.39 is 0 Å². The van der Waals surface area contributed by atoms with Crippen molar-refractivity contribution < 1.29 is 0 Å². The van der Waals surface area contributed by atoms with E-state index in [0.717, 1.165) is 17.8 Å². The van der Waals surface area contributed by atoms with E-state index >= 15 is 0 Å². The van der Waals surface area contributed by atoms with Crippen LogP contribution in [0.25, 0.3) is 10.2 Å². The number of aromatic nitrogens is 1. The number of fused-ring (bicyclic) bond motifs is 1. The van der Waals surface area contributed by atoms with Crippen molar-refractivity contribution in [1.29, 1.82) is 0 Å². The number of nitrogens with zero attached hydrogens (tertiary/aromatic N) is 1. The number of rotatable bonds is 6. The molecule has 0 saturated carbocycles. The van der Waals surface area contributed by atoms with Crippen LogP contribution in [0.2, 0.25) is 0 Å². The van der Waals surface area contributed by atoms with Crippen molar-refractivity contribution >= 4 is 33.3 Å². The molecule has 0 aliphatic carbocycles. The largest absolute Gasteiger partial charge is 0.307 e. The lowest BCUT2D eigenvalue weighted by atomic mass is 10.3. The summed E-state index contributed by atoms with van der Waals surface area (Å²) >= 11 is 3.66. The number of benzene rings is 2. The number of hydrogen-bond acceptors (Lipinski definition) is 4. The monoisotopic (exact) mass is 314 g/mol. The third-order valence-electron chi connectivity index (χ3n) is 3.25. The molecule has 2 nitrogen and oxygen atoms in total. The Hall–Kier alpha value is -1.36. The summed E-state index contributed by atoms with van der Waals surface area (Å²) in [6.07, 6.45) is 0. The van der Waals surface area contributed by atoms with Crippen LogP contribution in [-0.4, -0.2) is 17.3 Å². The molecule has 0 fully saturated rings. The summed E-state index contributed by atoms with van der Waals surface area (Å²) in [5.74, 6) is 1.07. The summed E-state index contributed by atoms with van der Waals surface area (Å²) in [5.41, 5.74) is 1.10. The molecule has 1 aromatic heterocycles. The van der Waals surface area contributed by atoms with E-state index in [0.29, 0.717) is 6.04 Å². The molecule has 3 aromatic rings. The van der Waals surface area contributed by atoms with Crippen molar-refractivity contribution in [3.63, 3.8) is 0 Å². The molecule has 0 saturated heterocycles. The summed E-state index contributed by atoms with van der Waals surface area (Å²) < 4.78 is 1.26. The minimum absolute atomic E-state index is 0.304. The first-order chi connectivity index (χ1) is 10.3. The molecule has 1 heterocycles. The second-order valence-electron chi connectivity index (χ2n) is 4.86. The van der Waals surface area contributed by atoms with E-state index in [9.17, 15) is 0 Å². The average molecular weight is 314 g/mol. The second-order valence-corrected chi connectivity index (χ2v) is 7.09. The maximum atomic E-state index is 4.70. The number of hydrogen-bond donors (Lipinski definition) is 1. The Balaban J connectivity index is 1.51. The molecule has 1 atom stereocenters. The van der Waals surface area contributed by atoms with Gasteiger partial charge in [-0.1, -0.05) is 30.3 Å². The van der Waals surface area contributed by atoms with E-state index in [-0.39, 0.29) is 0 Å². The smallest absolute Gasteiger partial charge is 0.111 e. The van der Waals surface area contributed by atoms with Crippen LogP contribution in [0.15, 0.2) is 59.5 Å². The van der Waals surface area contributed by atoms with E-state index in [1.54, 1.807) is 11.3 Å². The van der Waals surface area contributed by atoms with Crippen molar-refractivity contribution in [3.05, 3.63) is 59.6 Å². The SMILES string of the molecule is CC(NCCSc1ccccc1)c1nc2ccccc2s1. The van der Waals surface area contributed by atoms with E-state index in [1.807, 2.05) is 17.8 Å². The minimum Gasteiger partial charge on any atom is -0.307 e. The zero-order valence-electron chi connectivity index (χ0n) is 12.0. The van der Waals surface area contributed by atoms with Crippen LogP contribution >= 0.6 is 23.1 Å². The predicted octanol–water partition coefficient (Wildman–Crippen LogP) is 4.74. The molecule has 1 unspecified atom stereocenters. The lowest BCUT2D eigenvalue weighted by Gasteiger charge is -2.10. The Kier molecular flexibility index (Phi) is 4.91. The van der Waals surface area contributed by atoms with Crippen LogP contribution < -0.4 is 5.32 Å². The molecule has 0 bridgehead atoms. The van der Waals surface area contributed by atoms with Gasteiger partial charge in [0.1, 0.15) is 5.01 Å². The maximum Gasteiger partial charge on any atom is 0.111 e. The molecular formula is C17H18N2S2. The summed E-state index contributed by atoms with van der Waals surface area (Å²) in [7, 11) is 0. The Morgan fingerprint density at radius 1 is 1.10 bits per heavy atom. The second kappa shape index (κ2) is 7.07. The minimum atomic E-state index is 0.304. The molecule has 0 radical (unpaired) electrons. The number of nitrogens with one attached hydrogen (secondary N) is 1. The molecule has 3 rings (SSSR count). The number of thiazole rings is 1. The van der Waals surface area contributed by atoms with Crippen LogP contribution in [0, 0.1) is 0 Å². The molecule has 1 N–H and O–H groups in total. The topological polar surface area (TPSA) is 24.9 Å². The highest BCUT2D eigenvalue weighted by atomic mass is 32.2. The molecule has 108 valence electrons. The fraction of sp³-hybridized carbons (Fsp3) is 0.235. The van der Waals surface area contributed by atoms with Gasteiger partial charge < -0.3 is 5.32 Å². The van der Waals surface area contributed by atoms with Gasteiger partial charge in [-0.2, -0.15) is 0 Å². The third kappa shape index (κ3) is 3.84. The standard InChI is InChI=1S/C17H18N2S2/c1-13(17-19-15-9-5-6-10-16(15)21-17)18-11-12-20-14-7-3-2-4-8-14/h2-10,13,18H,11-12H2,1H3. The average Bonchev–Trinajstić information content (AvgIpc) is 2.96. The Bertz CT molecular complexity index is 661.